The lowest BCUT2D eigenvalue weighted by Crippen LogP contribution is -2.68. The van der Waals surface area contributed by atoms with E-state index in [1.807, 2.05) is 0 Å². The van der Waals surface area contributed by atoms with Crippen molar-refractivity contribution in [2.24, 2.45) is 11.3 Å². The third-order valence-corrected chi connectivity index (χ3v) is 3.47. The van der Waals surface area contributed by atoms with Gasteiger partial charge in [0.1, 0.15) is 0 Å². The molecule has 3 atom stereocenters. The van der Waals surface area contributed by atoms with E-state index in [2.05, 4.69) is 19.3 Å². The van der Waals surface area contributed by atoms with Crippen LogP contribution in [0.15, 0.2) is 0 Å². The second-order valence-corrected chi connectivity index (χ2v) is 4.53. The predicted molar refractivity (Wildman–Crippen MR) is 45.0 cm³/mol. The Morgan fingerprint density at radius 1 is 1.50 bits per heavy atom. The zero-order chi connectivity index (χ0) is 8.77. The Balaban J connectivity index is 2.08. The lowest BCUT2D eigenvalue weighted by atomic mass is 9.55. The first kappa shape index (κ1) is 8.48. The van der Waals surface area contributed by atoms with E-state index in [-0.39, 0.29) is 11.5 Å². The van der Waals surface area contributed by atoms with Crippen molar-refractivity contribution in [1.82, 2.24) is 5.48 Å². The Bertz CT molecular complexity index is 173. The van der Waals surface area contributed by atoms with Crippen LogP contribution in [0.3, 0.4) is 0 Å². The van der Waals surface area contributed by atoms with Crippen molar-refractivity contribution >= 4 is 0 Å². The molecular formula is C9H17NO2. The second-order valence-electron chi connectivity index (χ2n) is 4.53. The zero-order valence-electron chi connectivity index (χ0n) is 7.71. The Morgan fingerprint density at radius 2 is 2.25 bits per heavy atom. The van der Waals surface area contributed by atoms with Gasteiger partial charge in [0.15, 0.2) is 0 Å². The van der Waals surface area contributed by atoms with E-state index >= 15 is 0 Å². The van der Waals surface area contributed by atoms with E-state index < -0.39 is 0 Å². The second kappa shape index (κ2) is 2.69. The van der Waals surface area contributed by atoms with Crippen molar-refractivity contribution in [3.05, 3.63) is 0 Å². The van der Waals surface area contributed by atoms with E-state index in [1.54, 1.807) is 0 Å². The van der Waals surface area contributed by atoms with Crippen LogP contribution in [0, 0.1) is 11.3 Å². The SMILES string of the molecule is CC1(C)C(NO)C2CCCOC21. The number of rotatable bonds is 1. The number of hydroxylamine groups is 1. The molecule has 70 valence electrons. The monoisotopic (exact) mass is 171 g/mol. The molecule has 1 saturated heterocycles. The summed E-state index contributed by atoms with van der Waals surface area (Å²) in [7, 11) is 0. The molecule has 2 rings (SSSR count). The highest BCUT2D eigenvalue weighted by Gasteiger charge is 2.57. The van der Waals surface area contributed by atoms with Gasteiger partial charge < -0.3 is 9.94 Å². The normalized spacial score (nSPS) is 44.8. The molecule has 0 bridgehead atoms. The third kappa shape index (κ3) is 0.934. The summed E-state index contributed by atoms with van der Waals surface area (Å²) in [5.74, 6) is 0.527. The summed E-state index contributed by atoms with van der Waals surface area (Å²) >= 11 is 0. The maximum Gasteiger partial charge on any atom is 0.0685 e. The number of ether oxygens (including phenoxy) is 1. The van der Waals surface area contributed by atoms with Crippen molar-refractivity contribution in [2.75, 3.05) is 6.61 Å². The molecule has 0 amide bonds. The Labute approximate surface area is 73.1 Å². The Hall–Kier alpha value is -0.120. The minimum atomic E-state index is 0.0971. The van der Waals surface area contributed by atoms with Gasteiger partial charge >= 0.3 is 0 Å². The van der Waals surface area contributed by atoms with Gasteiger partial charge in [0.25, 0.3) is 0 Å². The van der Waals surface area contributed by atoms with Crippen molar-refractivity contribution < 1.29 is 9.94 Å². The Kier molecular flexibility index (Phi) is 1.90. The van der Waals surface area contributed by atoms with Crippen LogP contribution in [0.25, 0.3) is 0 Å². The van der Waals surface area contributed by atoms with Crippen molar-refractivity contribution in [3.63, 3.8) is 0 Å². The third-order valence-electron chi connectivity index (χ3n) is 3.47. The maximum atomic E-state index is 8.96. The molecule has 1 heterocycles. The quantitative estimate of drug-likeness (QED) is 0.582. The first-order valence-corrected chi connectivity index (χ1v) is 4.69. The van der Waals surface area contributed by atoms with Crippen molar-refractivity contribution in [1.29, 1.82) is 0 Å². The highest BCUT2D eigenvalue weighted by molar-refractivity contribution is 5.08. The fraction of sp³-hybridized carbons (Fsp3) is 1.00. The van der Waals surface area contributed by atoms with Crippen molar-refractivity contribution in [3.8, 4) is 0 Å². The van der Waals surface area contributed by atoms with Gasteiger partial charge in [-0.05, 0) is 12.8 Å². The zero-order valence-corrected chi connectivity index (χ0v) is 7.71. The fourth-order valence-electron chi connectivity index (χ4n) is 2.78. The highest BCUT2D eigenvalue weighted by Crippen LogP contribution is 2.50. The maximum absolute atomic E-state index is 8.96. The molecule has 3 unspecified atom stereocenters. The fourth-order valence-corrected chi connectivity index (χ4v) is 2.78. The lowest BCUT2D eigenvalue weighted by molar-refractivity contribution is -0.213. The number of fused-ring (bicyclic) bond motifs is 1. The number of nitrogens with one attached hydrogen (secondary N) is 1. The van der Waals surface area contributed by atoms with E-state index in [1.165, 1.54) is 6.42 Å². The summed E-state index contributed by atoms with van der Waals surface area (Å²) < 4.78 is 5.67. The summed E-state index contributed by atoms with van der Waals surface area (Å²) in [4.78, 5) is 0. The van der Waals surface area contributed by atoms with Crippen LogP contribution in [0.2, 0.25) is 0 Å². The van der Waals surface area contributed by atoms with Crippen LogP contribution in [-0.4, -0.2) is 24.0 Å². The predicted octanol–water partition coefficient (Wildman–Crippen LogP) is 1.17. The van der Waals surface area contributed by atoms with E-state index in [4.69, 9.17) is 9.94 Å². The molecular weight excluding hydrogens is 154 g/mol. The largest absolute Gasteiger partial charge is 0.377 e. The summed E-state index contributed by atoms with van der Waals surface area (Å²) in [6.45, 7) is 5.18. The topological polar surface area (TPSA) is 41.5 Å². The molecule has 3 nitrogen and oxygen atoms in total. The average Bonchev–Trinajstić information content (AvgIpc) is 2.05. The van der Waals surface area contributed by atoms with Crippen LogP contribution in [0.4, 0.5) is 0 Å². The lowest BCUT2D eigenvalue weighted by Gasteiger charge is -2.59. The van der Waals surface area contributed by atoms with Gasteiger partial charge in [0.2, 0.25) is 0 Å². The first-order chi connectivity index (χ1) is 5.68. The molecule has 0 spiro atoms. The Morgan fingerprint density at radius 3 is 2.92 bits per heavy atom. The minimum absolute atomic E-state index is 0.0971. The summed E-state index contributed by atoms with van der Waals surface area (Å²) in [6.07, 6.45) is 2.68. The molecule has 0 aromatic heterocycles. The van der Waals surface area contributed by atoms with Gasteiger partial charge in [-0.15, -0.1) is 0 Å². The number of hydrogen-bond donors (Lipinski definition) is 2. The minimum Gasteiger partial charge on any atom is -0.377 e. The molecule has 2 N–H and O–H groups in total. The van der Waals surface area contributed by atoms with E-state index in [0.29, 0.717) is 12.0 Å². The van der Waals surface area contributed by atoms with Crippen LogP contribution >= 0.6 is 0 Å². The number of hydrogen-bond acceptors (Lipinski definition) is 3. The molecule has 0 radical (unpaired) electrons. The molecule has 0 aromatic carbocycles. The van der Waals surface area contributed by atoms with E-state index in [0.717, 1.165) is 13.0 Å². The van der Waals surface area contributed by atoms with Gasteiger partial charge in [-0.1, -0.05) is 13.8 Å². The standard InChI is InChI=1S/C9H17NO2/c1-9(2)7(10-11)6-4-3-5-12-8(6)9/h6-8,10-11H,3-5H2,1-2H3. The molecule has 2 fully saturated rings. The van der Waals surface area contributed by atoms with Gasteiger partial charge in [-0.2, -0.15) is 0 Å². The molecule has 2 aliphatic rings. The van der Waals surface area contributed by atoms with Crippen LogP contribution in [0.5, 0.6) is 0 Å². The molecule has 1 aliphatic carbocycles. The smallest absolute Gasteiger partial charge is 0.0685 e. The summed E-state index contributed by atoms with van der Waals surface area (Å²) in [5, 5.41) is 8.96. The van der Waals surface area contributed by atoms with Gasteiger partial charge in [-0.3, -0.25) is 0 Å². The molecule has 3 heteroatoms. The average molecular weight is 171 g/mol. The molecule has 0 aromatic rings. The summed E-state index contributed by atoms with van der Waals surface area (Å²) in [5.41, 5.74) is 2.51. The van der Waals surface area contributed by atoms with Gasteiger partial charge in [0.05, 0.1) is 6.10 Å². The van der Waals surface area contributed by atoms with Crippen LogP contribution < -0.4 is 5.48 Å². The molecule has 12 heavy (non-hydrogen) atoms. The first-order valence-electron chi connectivity index (χ1n) is 4.69. The van der Waals surface area contributed by atoms with Crippen molar-refractivity contribution in [2.45, 2.75) is 38.8 Å². The van der Waals surface area contributed by atoms with Crippen LogP contribution in [0.1, 0.15) is 26.7 Å². The molecule has 1 saturated carbocycles. The highest BCUT2D eigenvalue weighted by atomic mass is 16.5. The van der Waals surface area contributed by atoms with Crippen LogP contribution in [-0.2, 0) is 4.74 Å². The van der Waals surface area contributed by atoms with Gasteiger partial charge in [0, 0.05) is 24.0 Å². The molecule has 1 aliphatic heterocycles. The summed E-state index contributed by atoms with van der Waals surface area (Å²) in [6, 6.07) is 0.225. The van der Waals surface area contributed by atoms with E-state index in [9.17, 15) is 0 Å². The van der Waals surface area contributed by atoms with Gasteiger partial charge in [-0.25, -0.2) is 5.48 Å².